The first-order valence-electron chi connectivity index (χ1n) is 7.28. The number of nitrogens with one attached hydrogen (secondary N) is 1. The Morgan fingerprint density at radius 2 is 1.85 bits per heavy atom. The van der Waals surface area contributed by atoms with Crippen LogP contribution in [0.2, 0.25) is 0 Å². The van der Waals surface area contributed by atoms with Gasteiger partial charge >= 0.3 is 6.03 Å². The van der Waals surface area contributed by atoms with E-state index >= 15 is 0 Å². The molecular weight excluding hydrogens is 258 g/mol. The second-order valence-electron chi connectivity index (χ2n) is 6.08. The molecule has 0 radical (unpaired) electrons. The number of amides is 3. The minimum Gasteiger partial charge on any atom is -0.361 e. The van der Waals surface area contributed by atoms with Gasteiger partial charge in [-0.15, -0.1) is 0 Å². The molecule has 1 aliphatic carbocycles. The number of nitrogens with two attached hydrogens (primary N) is 2. The van der Waals surface area contributed by atoms with E-state index in [1.54, 1.807) is 6.92 Å². The lowest BCUT2D eigenvalue weighted by Gasteiger charge is -2.41. The maximum atomic E-state index is 11.7. The number of imide groups is 1. The first-order chi connectivity index (χ1) is 9.29. The van der Waals surface area contributed by atoms with Crippen molar-refractivity contribution in [2.24, 2.45) is 23.3 Å². The van der Waals surface area contributed by atoms with Gasteiger partial charge in [0.05, 0.1) is 5.60 Å². The zero-order chi connectivity index (χ0) is 15.3. The van der Waals surface area contributed by atoms with Gasteiger partial charge in [0.25, 0.3) is 5.91 Å². The standard InChI is InChI=1S/C14H27N3O3/c1-9(2)11-4-6-14(8-15,7-5-11)20-10(3)12(18)17-13(16)19/h9-11H,4-8,15H2,1-3H3,(H3,16,17,18,19). The summed E-state index contributed by atoms with van der Waals surface area (Å²) in [4.78, 5) is 22.4. The summed E-state index contributed by atoms with van der Waals surface area (Å²) < 4.78 is 5.87. The minimum atomic E-state index is -0.865. The molecule has 116 valence electrons. The predicted octanol–water partition coefficient (Wildman–Crippen LogP) is 1.13. The Hall–Kier alpha value is -1.14. The summed E-state index contributed by atoms with van der Waals surface area (Å²) in [5.74, 6) is 0.825. The second-order valence-corrected chi connectivity index (χ2v) is 6.08. The Morgan fingerprint density at radius 3 is 2.25 bits per heavy atom. The summed E-state index contributed by atoms with van der Waals surface area (Å²) in [6.07, 6.45) is 3.07. The number of urea groups is 1. The van der Waals surface area contributed by atoms with E-state index in [0.717, 1.165) is 25.7 Å². The lowest BCUT2D eigenvalue weighted by molar-refractivity contribution is -0.149. The third kappa shape index (κ3) is 4.45. The van der Waals surface area contributed by atoms with Crippen LogP contribution in [0.5, 0.6) is 0 Å². The first kappa shape index (κ1) is 16.9. The highest BCUT2D eigenvalue weighted by Crippen LogP contribution is 2.38. The molecule has 1 fully saturated rings. The number of ether oxygens (including phenoxy) is 1. The normalized spacial score (nSPS) is 28.1. The Morgan fingerprint density at radius 1 is 1.30 bits per heavy atom. The van der Waals surface area contributed by atoms with Gasteiger partial charge in [-0.1, -0.05) is 13.8 Å². The lowest BCUT2D eigenvalue weighted by Crippen LogP contribution is -2.50. The Labute approximate surface area is 120 Å². The third-order valence-corrected chi connectivity index (χ3v) is 4.30. The lowest BCUT2D eigenvalue weighted by atomic mass is 9.74. The summed E-state index contributed by atoms with van der Waals surface area (Å²) in [7, 11) is 0. The molecule has 6 heteroatoms. The van der Waals surface area contributed by atoms with E-state index in [1.807, 2.05) is 5.32 Å². The van der Waals surface area contributed by atoms with Crippen LogP contribution in [0.25, 0.3) is 0 Å². The number of hydrogen-bond donors (Lipinski definition) is 3. The maximum absolute atomic E-state index is 11.7. The molecule has 0 aromatic heterocycles. The van der Waals surface area contributed by atoms with Crippen LogP contribution in [0.1, 0.15) is 46.5 Å². The smallest absolute Gasteiger partial charge is 0.318 e. The molecule has 1 rings (SSSR count). The Bertz CT molecular complexity index is 350. The molecule has 0 aromatic carbocycles. The van der Waals surface area contributed by atoms with Crippen molar-refractivity contribution in [1.82, 2.24) is 5.32 Å². The van der Waals surface area contributed by atoms with Gasteiger partial charge in [-0.25, -0.2) is 4.79 Å². The van der Waals surface area contributed by atoms with E-state index in [0.29, 0.717) is 18.4 Å². The molecule has 0 saturated heterocycles. The van der Waals surface area contributed by atoms with Crippen molar-refractivity contribution in [3.05, 3.63) is 0 Å². The van der Waals surface area contributed by atoms with Crippen LogP contribution >= 0.6 is 0 Å². The number of primary amides is 1. The summed E-state index contributed by atoms with van der Waals surface area (Å²) >= 11 is 0. The number of rotatable bonds is 5. The number of carbonyl (C=O) groups excluding carboxylic acids is 2. The Kier molecular flexibility index (Phi) is 5.95. The molecule has 0 aliphatic heterocycles. The average molecular weight is 285 g/mol. The van der Waals surface area contributed by atoms with Gasteiger partial charge in [-0.2, -0.15) is 0 Å². The first-order valence-corrected chi connectivity index (χ1v) is 7.28. The van der Waals surface area contributed by atoms with Crippen molar-refractivity contribution in [1.29, 1.82) is 0 Å². The van der Waals surface area contributed by atoms with E-state index in [-0.39, 0.29) is 0 Å². The summed E-state index contributed by atoms with van der Waals surface area (Å²) in [5, 5.41) is 2.03. The SMILES string of the molecule is CC(OC1(CN)CCC(C(C)C)CC1)C(=O)NC(N)=O. The van der Waals surface area contributed by atoms with Crippen LogP contribution in [0.4, 0.5) is 4.79 Å². The van der Waals surface area contributed by atoms with E-state index in [2.05, 4.69) is 13.8 Å². The molecule has 20 heavy (non-hydrogen) atoms. The molecule has 0 heterocycles. The van der Waals surface area contributed by atoms with Crippen LogP contribution in [-0.4, -0.2) is 30.2 Å². The molecule has 1 aliphatic rings. The molecule has 0 bridgehead atoms. The highest BCUT2D eigenvalue weighted by molar-refractivity contribution is 5.95. The predicted molar refractivity (Wildman–Crippen MR) is 76.9 cm³/mol. The van der Waals surface area contributed by atoms with Crippen LogP contribution < -0.4 is 16.8 Å². The summed E-state index contributed by atoms with van der Waals surface area (Å²) in [5.41, 5.74) is 10.3. The molecule has 3 amide bonds. The average Bonchev–Trinajstić information content (AvgIpc) is 2.38. The highest BCUT2D eigenvalue weighted by Gasteiger charge is 2.38. The van der Waals surface area contributed by atoms with Crippen molar-refractivity contribution in [3.63, 3.8) is 0 Å². The molecule has 1 unspecified atom stereocenters. The van der Waals surface area contributed by atoms with Crippen molar-refractivity contribution >= 4 is 11.9 Å². The summed E-state index contributed by atoms with van der Waals surface area (Å²) in [6.45, 7) is 6.45. The fourth-order valence-electron chi connectivity index (χ4n) is 2.85. The molecule has 1 saturated carbocycles. The largest absolute Gasteiger partial charge is 0.361 e. The van der Waals surface area contributed by atoms with Gasteiger partial charge in [0.2, 0.25) is 0 Å². The van der Waals surface area contributed by atoms with Gasteiger partial charge in [0.15, 0.2) is 0 Å². The van der Waals surface area contributed by atoms with Crippen molar-refractivity contribution in [2.45, 2.75) is 58.2 Å². The van der Waals surface area contributed by atoms with E-state index in [9.17, 15) is 9.59 Å². The molecule has 0 spiro atoms. The highest BCUT2D eigenvalue weighted by atomic mass is 16.5. The molecule has 5 N–H and O–H groups in total. The fraction of sp³-hybridized carbons (Fsp3) is 0.857. The molecule has 1 atom stereocenters. The summed E-state index contributed by atoms with van der Waals surface area (Å²) in [6, 6.07) is -0.865. The molecular formula is C14H27N3O3. The zero-order valence-corrected chi connectivity index (χ0v) is 12.6. The quantitative estimate of drug-likeness (QED) is 0.703. The number of carbonyl (C=O) groups is 2. The molecule has 0 aromatic rings. The Balaban J connectivity index is 2.59. The van der Waals surface area contributed by atoms with Gasteiger partial charge in [0, 0.05) is 6.54 Å². The number of hydrogen-bond acceptors (Lipinski definition) is 4. The van der Waals surface area contributed by atoms with Crippen LogP contribution in [0.15, 0.2) is 0 Å². The second kappa shape index (κ2) is 7.04. The third-order valence-electron chi connectivity index (χ3n) is 4.30. The fourth-order valence-corrected chi connectivity index (χ4v) is 2.85. The van der Waals surface area contributed by atoms with Crippen molar-refractivity contribution in [2.75, 3.05) is 6.54 Å². The van der Waals surface area contributed by atoms with E-state index < -0.39 is 23.6 Å². The van der Waals surface area contributed by atoms with Crippen LogP contribution in [-0.2, 0) is 9.53 Å². The monoisotopic (exact) mass is 285 g/mol. The zero-order valence-electron chi connectivity index (χ0n) is 12.6. The molecule has 6 nitrogen and oxygen atoms in total. The van der Waals surface area contributed by atoms with Gasteiger partial charge in [-0.3, -0.25) is 10.1 Å². The van der Waals surface area contributed by atoms with Gasteiger partial charge in [0.1, 0.15) is 6.10 Å². The minimum absolute atomic E-state index is 0.381. The van der Waals surface area contributed by atoms with Crippen LogP contribution in [0.3, 0.4) is 0 Å². The topological polar surface area (TPSA) is 107 Å². The van der Waals surface area contributed by atoms with Crippen LogP contribution in [0, 0.1) is 11.8 Å². The van der Waals surface area contributed by atoms with E-state index in [4.69, 9.17) is 16.2 Å². The van der Waals surface area contributed by atoms with Crippen molar-refractivity contribution in [3.8, 4) is 0 Å². The van der Waals surface area contributed by atoms with E-state index in [1.165, 1.54) is 0 Å². The van der Waals surface area contributed by atoms with Gasteiger partial charge in [-0.05, 0) is 44.4 Å². The van der Waals surface area contributed by atoms with Gasteiger partial charge < -0.3 is 16.2 Å². The van der Waals surface area contributed by atoms with Crippen molar-refractivity contribution < 1.29 is 14.3 Å². The maximum Gasteiger partial charge on any atom is 0.318 e.